The third-order valence-corrected chi connectivity index (χ3v) is 7.62. The number of hydrogen-bond donors (Lipinski definition) is 1. The van der Waals surface area contributed by atoms with Gasteiger partial charge in [-0.1, -0.05) is 12.1 Å². The summed E-state index contributed by atoms with van der Waals surface area (Å²) in [5.41, 5.74) is 2.95. The van der Waals surface area contributed by atoms with E-state index in [1.54, 1.807) is 6.20 Å². The van der Waals surface area contributed by atoms with Crippen LogP contribution in [-0.4, -0.2) is 81.1 Å². The van der Waals surface area contributed by atoms with Gasteiger partial charge in [-0.2, -0.15) is 0 Å². The predicted molar refractivity (Wildman–Crippen MR) is 122 cm³/mol. The summed E-state index contributed by atoms with van der Waals surface area (Å²) < 4.78 is 37.0. The van der Waals surface area contributed by atoms with Gasteiger partial charge in [0.15, 0.2) is 5.16 Å². The van der Waals surface area contributed by atoms with E-state index < -0.39 is 16.8 Å². The Bertz CT molecular complexity index is 1140. The van der Waals surface area contributed by atoms with E-state index in [0.717, 1.165) is 40.9 Å². The van der Waals surface area contributed by atoms with Crippen molar-refractivity contribution in [3.63, 3.8) is 0 Å². The Kier molecular flexibility index (Phi) is 6.41. The molecule has 1 unspecified atom stereocenters. The molecule has 1 saturated carbocycles. The Morgan fingerprint density at radius 2 is 1.88 bits per heavy atom. The molecule has 1 atom stereocenters. The van der Waals surface area contributed by atoms with Crippen LogP contribution in [0.3, 0.4) is 0 Å². The summed E-state index contributed by atoms with van der Waals surface area (Å²) in [5.74, 6) is 0.519. The summed E-state index contributed by atoms with van der Waals surface area (Å²) in [6.45, 7) is 4.06. The third kappa shape index (κ3) is 4.40. The molecule has 4 aliphatic rings. The molecular weight excluding hydrogens is 453 g/mol. The molecule has 3 aromatic rings. The van der Waals surface area contributed by atoms with Gasteiger partial charge in [-0.25, -0.2) is 4.98 Å². The van der Waals surface area contributed by atoms with E-state index in [1.807, 2.05) is 37.3 Å². The molecule has 10 heteroatoms. The van der Waals surface area contributed by atoms with Gasteiger partial charge >= 0.3 is 0 Å². The van der Waals surface area contributed by atoms with E-state index in [1.165, 1.54) is 0 Å². The molecule has 4 fully saturated rings. The predicted octanol–water partition coefficient (Wildman–Crippen LogP) is 2.70. The van der Waals surface area contributed by atoms with Crippen molar-refractivity contribution in [1.82, 2.24) is 15.0 Å². The van der Waals surface area contributed by atoms with Crippen LogP contribution in [0.1, 0.15) is 24.1 Å². The van der Waals surface area contributed by atoms with Gasteiger partial charge in [0.25, 0.3) is 5.97 Å². The van der Waals surface area contributed by atoms with Crippen LogP contribution in [0.2, 0.25) is 0 Å². The molecule has 2 aromatic heterocycles. The molecule has 1 aliphatic carbocycles. The standard InChI is InChI=1S/C23H25N3O5S.Na/c1-15-19(10-32(27)21-25-17-4-2-3-5-18(17)26-21)24-9-8-20(15)28-11-22-12-29-23(30-13-22,31-14-22)16-6-7-16;/h2-5,8-9,16H,6-7,10-14H2,1H3,(H,25,26);. The molecule has 1 aromatic carbocycles. The first kappa shape index (κ1) is 23.4. The number of pyridine rings is 1. The minimum absolute atomic E-state index is 0. The molecule has 0 spiro atoms. The van der Waals surface area contributed by atoms with Gasteiger partial charge in [-0.15, -0.1) is 0 Å². The maximum absolute atomic E-state index is 12.9. The number of aromatic amines is 1. The molecular formula is C23H25N3NaO5S. The summed E-state index contributed by atoms with van der Waals surface area (Å²) in [6, 6.07) is 9.48. The average molecular weight is 479 g/mol. The summed E-state index contributed by atoms with van der Waals surface area (Å²) in [6.07, 6.45) is 3.88. The van der Waals surface area contributed by atoms with E-state index in [-0.39, 0.29) is 40.7 Å². The second-order valence-electron chi connectivity index (χ2n) is 8.96. The van der Waals surface area contributed by atoms with Gasteiger partial charge in [0.05, 0.1) is 58.5 Å². The SMILES string of the molecule is Cc1c(OCC23COC(C4CC4)(OC2)OC3)ccnc1CS(=O)c1nc2ccccc2[nH]1.[Na]. The number of ether oxygens (including phenoxy) is 4. The maximum atomic E-state index is 12.9. The molecule has 7 rings (SSSR count). The average Bonchev–Trinajstić information content (AvgIpc) is 3.60. The molecule has 1 N–H and O–H groups in total. The second kappa shape index (κ2) is 9.03. The first-order valence-corrected chi connectivity index (χ1v) is 12.2. The molecule has 5 heterocycles. The Morgan fingerprint density at radius 1 is 1.15 bits per heavy atom. The fourth-order valence-electron chi connectivity index (χ4n) is 4.25. The van der Waals surface area contributed by atoms with Gasteiger partial charge in [0.1, 0.15) is 12.4 Å². The molecule has 8 nitrogen and oxygen atoms in total. The minimum atomic E-state index is -1.35. The van der Waals surface area contributed by atoms with Crippen LogP contribution in [0.25, 0.3) is 11.0 Å². The zero-order valence-corrected chi connectivity index (χ0v) is 21.7. The molecule has 3 aliphatic heterocycles. The molecule has 2 bridgehead atoms. The number of nitrogens with one attached hydrogen (secondary N) is 1. The number of H-pyrrole nitrogens is 1. The Hall–Kier alpha value is -1.33. The summed E-state index contributed by atoms with van der Waals surface area (Å²) in [4.78, 5) is 12.0. The smallest absolute Gasteiger partial charge is 0.285 e. The van der Waals surface area contributed by atoms with Crippen molar-refractivity contribution in [2.24, 2.45) is 11.3 Å². The third-order valence-electron chi connectivity index (χ3n) is 6.46. The van der Waals surface area contributed by atoms with Crippen molar-refractivity contribution in [3.8, 4) is 5.75 Å². The van der Waals surface area contributed by atoms with Crippen LogP contribution >= 0.6 is 0 Å². The van der Waals surface area contributed by atoms with Gasteiger partial charge in [-0.3, -0.25) is 9.19 Å². The zero-order chi connectivity index (χ0) is 21.8. The van der Waals surface area contributed by atoms with Gasteiger partial charge in [-0.05, 0) is 38.0 Å². The normalized spacial score (nSPS) is 27.3. The van der Waals surface area contributed by atoms with Crippen LogP contribution in [0, 0.1) is 18.3 Å². The van der Waals surface area contributed by atoms with E-state index in [9.17, 15) is 4.21 Å². The first-order valence-electron chi connectivity index (χ1n) is 10.9. The number of fused-ring (bicyclic) bond motifs is 4. The number of hydrogen-bond acceptors (Lipinski definition) is 7. The van der Waals surface area contributed by atoms with Crippen LogP contribution in [-0.2, 0) is 30.8 Å². The topological polar surface area (TPSA) is 95.6 Å². The number of aromatic nitrogens is 3. The largest absolute Gasteiger partial charge is 0.492 e. The first-order chi connectivity index (χ1) is 15.6. The summed E-state index contributed by atoms with van der Waals surface area (Å²) in [5, 5.41) is 0.451. The summed E-state index contributed by atoms with van der Waals surface area (Å²) in [7, 11) is -1.35. The van der Waals surface area contributed by atoms with Gasteiger partial charge in [0.2, 0.25) is 0 Å². The molecule has 169 valence electrons. The van der Waals surface area contributed by atoms with Gasteiger partial charge < -0.3 is 23.9 Å². The van der Waals surface area contributed by atoms with Crippen LogP contribution in [0.5, 0.6) is 5.75 Å². The number of rotatable bonds is 7. The zero-order valence-electron chi connectivity index (χ0n) is 18.8. The monoisotopic (exact) mass is 478 g/mol. The van der Waals surface area contributed by atoms with Crippen molar-refractivity contribution < 1.29 is 23.2 Å². The Labute approximate surface area is 216 Å². The Morgan fingerprint density at radius 3 is 2.58 bits per heavy atom. The number of para-hydroxylation sites is 2. The van der Waals surface area contributed by atoms with Crippen LogP contribution in [0.15, 0.2) is 41.7 Å². The quantitative estimate of drug-likeness (QED) is 0.522. The van der Waals surface area contributed by atoms with Crippen molar-refractivity contribution in [3.05, 3.63) is 47.8 Å². The van der Waals surface area contributed by atoms with Crippen LogP contribution in [0.4, 0.5) is 0 Å². The van der Waals surface area contributed by atoms with Crippen molar-refractivity contribution in [2.75, 3.05) is 26.4 Å². The second-order valence-corrected chi connectivity index (χ2v) is 10.3. The fraction of sp³-hybridized carbons (Fsp3) is 0.478. The Balaban J connectivity index is 0.00000228. The molecule has 0 amide bonds. The number of benzene rings is 1. The molecule has 33 heavy (non-hydrogen) atoms. The molecule has 1 radical (unpaired) electrons. The van der Waals surface area contributed by atoms with Crippen LogP contribution < -0.4 is 4.74 Å². The van der Waals surface area contributed by atoms with Crippen molar-refractivity contribution >= 4 is 51.4 Å². The fourth-order valence-corrected chi connectivity index (χ4v) is 5.35. The molecule has 3 saturated heterocycles. The van der Waals surface area contributed by atoms with E-state index in [2.05, 4.69) is 15.0 Å². The minimum Gasteiger partial charge on any atom is -0.492 e. The van der Waals surface area contributed by atoms with E-state index >= 15 is 0 Å². The van der Waals surface area contributed by atoms with Crippen molar-refractivity contribution in [1.29, 1.82) is 0 Å². The van der Waals surface area contributed by atoms with Crippen molar-refractivity contribution in [2.45, 2.75) is 36.6 Å². The number of nitrogens with zero attached hydrogens (tertiary/aromatic N) is 2. The van der Waals surface area contributed by atoms with E-state index in [4.69, 9.17) is 18.9 Å². The number of imidazole rings is 1. The summed E-state index contributed by atoms with van der Waals surface area (Å²) >= 11 is 0. The van der Waals surface area contributed by atoms with Gasteiger partial charge in [0, 0.05) is 47.2 Å². The van der Waals surface area contributed by atoms with E-state index in [0.29, 0.717) is 37.5 Å². The maximum Gasteiger partial charge on any atom is 0.285 e.